The number of hydrogen-bond acceptors (Lipinski definition) is 5. The highest BCUT2D eigenvalue weighted by Gasteiger charge is 2.28. The van der Waals surface area contributed by atoms with Crippen molar-refractivity contribution in [2.24, 2.45) is 0 Å². The zero-order chi connectivity index (χ0) is 20.7. The quantitative estimate of drug-likeness (QED) is 0.608. The summed E-state index contributed by atoms with van der Waals surface area (Å²) in [4.78, 5) is 14.8. The molecule has 10 heteroatoms. The Morgan fingerprint density at radius 3 is 2.40 bits per heavy atom. The van der Waals surface area contributed by atoms with E-state index < -0.39 is 10.0 Å². The van der Waals surface area contributed by atoms with Crippen molar-refractivity contribution in [1.82, 2.24) is 14.5 Å². The second kappa shape index (κ2) is 12.2. The van der Waals surface area contributed by atoms with E-state index in [9.17, 15) is 13.2 Å². The molecule has 2 aliphatic rings. The zero-order valence-electron chi connectivity index (χ0n) is 17.1. The lowest BCUT2D eigenvalue weighted by Gasteiger charge is -2.26. The first-order valence-corrected chi connectivity index (χ1v) is 12.2. The van der Waals surface area contributed by atoms with Crippen LogP contribution in [0.2, 0.25) is 5.02 Å². The Kier molecular flexibility index (Phi) is 10.3. The first-order valence-electron chi connectivity index (χ1n) is 10.4. The van der Waals surface area contributed by atoms with Crippen LogP contribution >= 0.6 is 24.0 Å². The summed E-state index contributed by atoms with van der Waals surface area (Å²) in [6.45, 7) is 5.78. The number of amides is 1. The van der Waals surface area contributed by atoms with Crippen LogP contribution in [0.5, 0.6) is 0 Å². The molecule has 0 radical (unpaired) electrons. The fraction of sp³-hybridized carbons (Fsp3) is 0.650. The van der Waals surface area contributed by atoms with E-state index in [-0.39, 0.29) is 28.2 Å². The van der Waals surface area contributed by atoms with Gasteiger partial charge in [-0.1, -0.05) is 24.4 Å². The molecule has 0 aromatic heterocycles. The average molecular weight is 480 g/mol. The normalized spacial score (nSPS) is 19.0. The van der Waals surface area contributed by atoms with Crippen LogP contribution in [0, 0.1) is 0 Å². The van der Waals surface area contributed by atoms with Crippen molar-refractivity contribution in [1.29, 1.82) is 0 Å². The molecule has 0 saturated carbocycles. The number of rotatable bonds is 7. The SMILES string of the molecule is Cl.O=C(NCCCN1CCOCC1)c1ccc(Cl)c(S(=O)(=O)N2CCCCCC2)c1. The molecule has 2 heterocycles. The Labute approximate surface area is 190 Å². The van der Waals surface area contributed by atoms with Gasteiger partial charge in [-0.3, -0.25) is 9.69 Å². The van der Waals surface area contributed by atoms with E-state index in [0.29, 0.717) is 25.2 Å². The maximum atomic E-state index is 13.1. The summed E-state index contributed by atoms with van der Waals surface area (Å²) in [5.41, 5.74) is 0.314. The number of carbonyl (C=O) groups excluding carboxylic acids is 1. The zero-order valence-corrected chi connectivity index (χ0v) is 19.5. The maximum Gasteiger partial charge on any atom is 0.251 e. The Bertz CT molecular complexity index is 793. The lowest BCUT2D eigenvalue weighted by atomic mass is 10.2. The number of morpholine rings is 1. The van der Waals surface area contributed by atoms with E-state index in [0.717, 1.165) is 65.0 Å². The van der Waals surface area contributed by atoms with Gasteiger partial charge in [0.1, 0.15) is 4.90 Å². The predicted molar refractivity (Wildman–Crippen MR) is 120 cm³/mol. The fourth-order valence-electron chi connectivity index (χ4n) is 3.69. The molecule has 3 rings (SSSR count). The van der Waals surface area contributed by atoms with E-state index in [4.69, 9.17) is 16.3 Å². The molecule has 0 bridgehead atoms. The molecule has 1 amide bonds. The monoisotopic (exact) mass is 479 g/mol. The van der Waals surface area contributed by atoms with Crippen LogP contribution < -0.4 is 5.32 Å². The number of nitrogens with zero attached hydrogens (tertiary/aromatic N) is 2. The first kappa shape index (κ1) is 25.4. The minimum Gasteiger partial charge on any atom is -0.379 e. The van der Waals surface area contributed by atoms with Crippen molar-refractivity contribution < 1.29 is 17.9 Å². The van der Waals surface area contributed by atoms with Gasteiger partial charge >= 0.3 is 0 Å². The minimum atomic E-state index is -3.71. The summed E-state index contributed by atoms with van der Waals surface area (Å²) in [7, 11) is -3.71. The van der Waals surface area contributed by atoms with Crippen LogP contribution in [-0.4, -0.2) is 76.0 Å². The molecule has 0 atom stereocenters. The molecule has 7 nitrogen and oxygen atoms in total. The number of carbonyl (C=O) groups is 1. The molecule has 2 saturated heterocycles. The van der Waals surface area contributed by atoms with Crippen molar-refractivity contribution in [3.8, 4) is 0 Å². The summed E-state index contributed by atoms with van der Waals surface area (Å²) < 4.78 is 32.9. The van der Waals surface area contributed by atoms with Gasteiger partial charge in [0.2, 0.25) is 10.0 Å². The molecule has 2 fully saturated rings. The molecule has 0 aliphatic carbocycles. The first-order chi connectivity index (χ1) is 14.0. The smallest absolute Gasteiger partial charge is 0.251 e. The highest BCUT2D eigenvalue weighted by molar-refractivity contribution is 7.89. The number of benzene rings is 1. The van der Waals surface area contributed by atoms with Crippen molar-refractivity contribution in [3.05, 3.63) is 28.8 Å². The van der Waals surface area contributed by atoms with Crippen LogP contribution in [0.4, 0.5) is 0 Å². The Balaban J connectivity index is 0.00000320. The lowest BCUT2D eigenvalue weighted by Crippen LogP contribution is -2.38. The largest absolute Gasteiger partial charge is 0.379 e. The van der Waals surface area contributed by atoms with Gasteiger partial charge in [0.15, 0.2) is 0 Å². The predicted octanol–water partition coefficient (Wildman–Crippen LogP) is 2.78. The summed E-state index contributed by atoms with van der Waals surface area (Å²) >= 11 is 6.20. The van der Waals surface area contributed by atoms with Crippen LogP contribution in [0.1, 0.15) is 42.5 Å². The van der Waals surface area contributed by atoms with Gasteiger partial charge in [-0.2, -0.15) is 4.31 Å². The standard InChI is InChI=1S/C20H30ClN3O4S.ClH/c21-18-7-6-17(20(25)22-8-5-9-23-12-14-28-15-13-23)16-19(18)29(26,27)24-10-3-1-2-4-11-24;/h6-7,16H,1-5,8-15H2,(H,22,25);1H. The molecule has 1 N–H and O–H groups in total. The molecule has 170 valence electrons. The van der Waals surface area contributed by atoms with Crippen LogP contribution in [-0.2, 0) is 14.8 Å². The summed E-state index contributed by atoms with van der Waals surface area (Å²) in [5, 5.41) is 3.03. The van der Waals surface area contributed by atoms with Crippen molar-refractivity contribution in [2.45, 2.75) is 37.0 Å². The minimum absolute atomic E-state index is 0. The van der Waals surface area contributed by atoms with Crippen LogP contribution in [0.25, 0.3) is 0 Å². The summed E-state index contributed by atoms with van der Waals surface area (Å²) in [6, 6.07) is 4.47. The fourth-order valence-corrected chi connectivity index (χ4v) is 5.71. The molecule has 0 spiro atoms. The third-order valence-corrected chi connectivity index (χ3v) is 7.80. The second-order valence-corrected chi connectivity index (χ2v) is 9.84. The third kappa shape index (κ3) is 6.80. The van der Waals surface area contributed by atoms with Gasteiger partial charge in [0.25, 0.3) is 5.91 Å². The average Bonchev–Trinajstić information content (AvgIpc) is 3.02. The molecule has 1 aromatic rings. The van der Waals surface area contributed by atoms with Gasteiger partial charge in [0, 0.05) is 38.3 Å². The van der Waals surface area contributed by atoms with E-state index >= 15 is 0 Å². The molecule has 0 unspecified atom stereocenters. The topological polar surface area (TPSA) is 79.0 Å². The number of nitrogens with one attached hydrogen (secondary N) is 1. The Morgan fingerprint density at radius 1 is 1.07 bits per heavy atom. The van der Waals surface area contributed by atoms with Crippen molar-refractivity contribution in [3.63, 3.8) is 0 Å². The van der Waals surface area contributed by atoms with E-state index in [1.165, 1.54) is 16.4 Å². The Hall–Kier alpha value is -0.900. The molecule has 1 aromatic carbocycles. The molecule has 30 heavy (non-hydrogen) atoms. The second-order valence-electron chi connectivity index (χ2n) is 7.53. The number of halogens is 2. The number of hydrogen-bond donors (Lipinski definition) is 1. The van der Waals surface area contributed by atoms with E-state index in [2.05, 4.69) is 10.2 Å². The van der Waals surface area contributed by atoms with E-state index in [1.807, 2.05) is 0 Å². The Morgan fingerprint density at radius 2 is 1.73 bits per heavy atom. The summed E-state index contributed by atoms with van der Waals surface area (Å²) in [5.74, 6) is -0.282. The van der Waals surface area contributed by atoms with Crippen LogP contribution in [0.15, 0.2) is 23.1 Å². The summed E-state index contributed by atoms with van der Waals surface area (Å²) in [6.07, 6.45) is 4.60. The lowest BCUT2D eigenvalue weighted by molar-refractivity contribution is 0.0374. The maximum absolute atomic E-state index is 13.1. The van der Waals surface area contributed by atoms with Gasteiger partial charge < -0.3 is 10.1 Å². The van der Waals surface area contributed by atoms with Crippen molar-refractivity contribution in [2.75, 3.05) is 52.5 Å². The van der Waals surface area contributed by atoms with E-state index in [1.54, 1.807) is 6.07 Å². The van der Waals surface area contributed by atoms with Crippen molar-refractivity contribution >= 4 is 39.9 Å². The van der Waals surface area contributed by atoms with Gasteiger partial charge in [-0.25, -0.2) is 8.42 Å². The van der Waals surface area contributed by atoms with Gasteiger partial charge in [0.05, 0.1) is 18.2 Å². The molecule has 2 aliphatic heterocycles. The van der Waals surface area contributed by atoms with Gasteiger partial charge in [-0.15, -0.1) is 12.4 Å². The molecular weight excluding hydrogens is 449 g/mol. The number of ether oxygens (including phenoxy) is 1. The number of sulfonamides is 1. The highest BCUT2D eigenvalue weighted by Crippen LogP contribution is 2.27. The molecular formula is C20H31Cl2N3O4S. The highest BCUT2D eigenvalue weighted by atomic mass is 35.5. The van der Waals surface area contributed by atoms with Gasteiger partial charge in [-0.05, 0) is 44.0 Å². The van der Waals surface area contributed by atoms with Crippen LogP contribution in [0.3, 0.4) is 0 Å². The third-order valence-electron chi connectivity index (χ3n) is 5.42.